The minimum Gasteiger partial charge on any atom is -0.329 e. The molecule has 0 amide bonds. The molecule has 2 saturated carbocycles. The summed E-state index contributed by atoms with van der Waals surface area (Å²) < 4.78 is 0. The molecule has 2 heteroatoms. The second kappa shape index (κ2) is 3.21. The zero-order valence-corrected chi connectivity index (χ0v) is 9.84. The molecule has 2 aliphatic carbocycles. The van der Waals surface area contributed by atoms with Crippen molar-refractivity contribution in [3.05, 3.63) is 0 Å². The molecule has 0 aromatic rings. The van der Waals surface area contributed by atoms with Crippen LogP contribution in [0.25, 0.3) is 0 Å². The quantitative estimate of drug-likeness (QED) is 0.748. The Balaban J connectivity index is 2.10. The van der Waals surface area contributed by atoms with Crippen LogP contribution in [0.1, 0.15) is 46.0 Å². The van der Waals surface area contributed by atoms with Crippen LogP contribution >= 0.6 is 0 Å². The van der Waals surface area contributed by atoms with Crippen LogP contribution in [-0.2, 0) is 0 Å². The van der Waals surface area contributed by atoms with Crippen LogP contribution in [0, 0.1) is 5.41 Å². The van der Waals surface area contributed by atoms with Crippen LogP contribution in [0.5, 0.6) is 0 Å². The van der Waals surface area contributed by atoms with E-state index >= 15 is 0 Å². The number of likely N-dealkylation sites (N-methyl/N-ethyl adjacent to an activating group) is 1. The van der Waals surface area contributed by atoms with Crippen molar-refractivity contribution >= 4 is 0 Å². The molecule has 0 spiro atoms. The topological polar surface area (TPSA) is 29.3 Å². The van der Waals surface area contributed by atoms with Gasteiger partial charge in [0, 0.05) is 18.1 Å². The number of hydrogen-bond donors (Lipinski definition) is 1. The van der Waals surface area contributed by atoms with Gasteiger partial charge in [0.2, 0.25) is 0 Å². The molecule has 0 aliphatic heterocycles. The average molecular weight is 196 g/mol. The Bertz CT molecular complexity index is 220. The third-order valence-electron chi connectivity index (χ3n) is 4.30. The molecule has 2 rings (SSSR count). The predicted octanol–water partition coefficient (Wildman–Crippen LogP) is 1.99. The lowest BCUT2D eigenvalue weighted by Gasteiger charge is -2.39. The van der Waals surface area contributed by atoms with Gasteiger partial charge in [-0.15, -0.1) is 0 Å². The summed E-state index contributed by atoms with van der Waals surface area (Å²) in [4.78, 5) is 2.59. The first-order valence-electron chi connectivity index (χ1n) is 5.92. The molecule has 1 unspecified atom stereocenters. The summed E-state index contributed by atoms with van der Waals surface area (Å²) in [6.45, 7) is 5.60. The molecule has 0 bridgehead atoms. The van der Waals surface area contributed by atoms with E-state index in [0.717, 1.165) is 12.6 Å². The lowest BCUT2D eigenvalue weighted by Crippen LogP contribution is -2.51. The largest absolute Gasteiger partial charge is 0.329 e. The van der Waals surface area contributed by atoms with E-state index in [4.69, 9.17) is 5.73 Å². The van der Waals surface area contributed by atoms with E-state index in [1.807, 2.05) is 0 Å². The summed E-state index contributed by atoms with van der Waals surface area (Å²) in [5.74, 6) is 0. The Morgan fingerprint density at radius 3 is 2.29 bits per heavy atom. The minimum absolute atomic E-state index is 0.324. The highest BCUT2D eigenvalue weighted by Gasteiger charge is 2.48. The molecule has 0 saturated heterocycles. The Hall–Kier alpha value is -0.0800. The first-order valence-corrected chi connectivity index (χ1v) is 5.92. The summed E-state index contributed by atoms with van der Waals surface area (Å²) in [5, 5.41) is 0. The molecule has 14 heavy (non-hydrogen) atoms. The molecular formula is C12H24N2. The summed E-state index contributed by atoms with van der Waals surface area (Å²) >= 11 is 0. The smallest absolute Gasteiger partial charge is 0.0336 e. The van der Waals surface area contributed by atoms with Crippen molar-refractivity contribution in [2.75, 3.05) is 13.6 Å². The van der Waals surface area contributed by atoms with E-state index in [1.54, 1.807) is 0 Å². The molecule has 0 aromatic carbocycles. The fraction of sp³-hybridized carbons (Fsp3) is 1.00. The Labute approximate surface area is 87.8 Å². The van der Waals surface area contributed by atoms with Crippen molar-refractivity contribution in [1.82, 2.24) is 4.90 Å². The maximum absolute atomic E-state index is 6.01. The van der Waals surface area contributed by atoms with Crippen LogP contribution in [0.4, 0.5) is 0 Å². The second-order valence-electron chi connectivity index (χ2n) is 6.11. The van der Waals surface area contributed by atoms with Crippen LogP contribution in [0.2, 0.25) is 0 Å². The normalized spacial score (nSPS) is 36.6. The standard InChI is InChI=1S/C12H24N2/c1-11(2)6-7-12(8-11,9-13)14(3)10-4-5-10/h10H,4-9,13H2,1-3H3. The predicted molar refractivity (Wildman–Crippen MR) is 60.2 cm³/mol. The van der Waals surface area contributed by atoms with Crippen LogP contribution in [0.15, 0.2) is 0 Å². The molecule has 0 aromatic heterocycles. The molecule has 2 fully saturated rings. The van der Waals surface area contributed by atoms with E-state index in [1.165, 1.54) is 32.1 Å². The summed E-state index contributed by atoms with van der Waals surface area (Å²) in [7, 11) is 2.28. The SMILES string of the molecule is CN(C1CC1)C1(CN)CCC(C)(C)C1. The van der Waals surface area contributed by atoms with Gasteiger partial charge in [0.15, 0.2) is 0 Å². The number of nitrogens with zero attached hydrogens (tertiary/aromatic N) is 1. The second-order valence-corrected chi connectivity index (χ2v) is 6.11. The van der Waals surface area contributed by atoms with Gasteiger partial charge in [0.1, 0.15) is 0 Å². The number of rotatable bonds is 3. The van der Waals surface area contributed by atoms with Crippen molar-refractivity contribution in [3.8, 4) is 0 Å². The van der Waals surface area contributed by atoms with Gasteiger partial charge in [-0.05, 0) is 44.6 Å². The fourth-order valence-electron chi connectivity index (χ4n) is 3.11. The highest BCUT2D eigenvalue weighted by atomic mass is 15.2. The van der Waals surface area contributed by atoms with Gasteiger partial charge in [-0.2, -0.15) is 0 Å². The Kier molecular flexibility index (Phi) is 2.39. The van der Waals surface area contributed by atoms with Crippen LogP contribution in [0.3, 0.4) is 0 Å². The number of nitrogens with two attached hydrogens (primary N) is 1. The lowest BCUT2D eigenvalue weighted by atomic mass is 9.87. The molecule has 82 valence electrons. The van der Waals surface area contributed by atoms with Crippen molar-refractivity contribution in [1.29, 1.82) is 0 Å². The Morgan fingerprint density at radius 1 is 1.29 bits per heavy atom. The monoisotopic (exact) mass is 196 g/mol. The highest BCUT2D eigenvalue weighted by Crippen LogP contribution is 2.48. The Morgan fingerprint density at radius 2 is 1.93 bits per heavy atom. The van der Waals surface area contributed by atoms with Gasteiger partial charge >= 0.3 is 0 Å². The average Bonchev–Trinajstić information content (AvgIpc) is 2.90. The van der Waals surface area contributed by atoms with Gasteiger partial charge in [-0.3, -0.25) is 4.90 Å². The molecule has 0 radical (unpaired) electrons. The summed E-state index contributed by atoms with van der Waals surface area (Å²) in [6, 6.07) is 0.840. The van der Waals surface area contributed by atoms with Gasteiger partial charge in [0.05, 0.1) is 0 Å². The first-order chi connectivity index (χ1) is 6.49. The molecule has 2 nitrogen and oxygen atoms in total. The third kappa shape index (κ3) is 1.70. The lowest BCUT2D eigenvalue weighted by molar-refractivity contribution is 0.111. The summed E-state index contributed by atoms with van der Waals surface area (Å²) in [6.07, 6.45) is 6.69. The number of hydrogen-bond acceptors (Lipinski definition) is 2. The van der Waals surface area contributed by atoms with Crippen LogP contribution in [-0.4, -0.2) is 30.1 Å². The molecule has 1 atom stereocenters. The maximum atomic E-state index is 6.01. The van der Waals surface area contributed by atoms with Gasteiger partial charge in [-0.1, -0.05) is 13.8 Å². The molecule has 0 heterocycles. The summed E-state index contributed by atoms with van der Waals surface area (Å²) in [5.41, 5.74) is 6.84. The van der Waals surface area contributed by atoms with E-state index in [-0.39, 0.29) is 0 Å². The fourth-order valence-corrected chi connectivity index (χ4v) is 3.11. The van der Waals surface area contributed by atoms with E-state index in [9.17, 15) is 0 Å². The van der Waals surface area contributed by atoms with Crippen molar-refractivity contribution in [2.45, 2.75) is 57.5 Å². The third-order valence-corrected chi connectivity index (χ3v) is 4.30. The maximum Gasteiger partial charge on any atom is 0.0336 e. The van der Waals surface area contributed by atoms with Crippen molar-refractivity contribution < 1.29 is 0 Å². The zero-order valence-electron chi connectivity index (χ0n) is 9.84. The molecule has 2 N–H and O–H groups in total. The van der Waals surface area contributed by atoms with E-state index in [2.05, 4.69) is 25.8 Å². The van der Waals surface area contributed by atoms with Gasteiger partial charge in [0.25, 0.3) is 0 Å². The van der Waals surface area contributed by atoms with E-state index in [0.29, 0.717) is 11.0 Å². The minimum atomic E-state index is 0.324. The highest BCUT2D eigenvalue weighted by molar-refractivity contribution is 5.04. The molecular weight excluding hydrogens is 172 g/mol. The van der Waals surface area contributed by atoms with E-state index < -0.39 is 0 Å². The van der Waals surface area contributed by atoms with Crippen molar-refractivity contribution in [3.63, 3.8) is 0 Å². The van der Waals surface area contributed by atoms with Gasteiger partial charge < -0.3 is 5.73 Å². The zero-order chi connectivity index (χ0) is 10.4. The van der Waals surface area contributed by atoms with Crippen LogP contribution < -0.4 is 5.73 Å². The van der Waals surface area contributed by atoms with Crippen molar-refractivity contribution in [2.24, 2.45) is 11.1 Å². The molecule has 2 aliphatic rings. The van der Waals surface area contributed by atoms with Gasteiger partial charge in [-0.25, -0.2) is 0 Å². The first kappa shape index (κ1) is 10.4.